The summed E-state index contributed by atoms with van der Waals surface area (Å²) < 4.78 is 11.3. The maximum atomic E-state index is 13.7. The van der Waals surface area contributed by atoms with Crippen molar-refractivity contribution in [3.8, 4) is 5.75 Å². The van der Waals surface area contributed by atoms with Gasteiger partial charge >= 0.3 is 0 Å². The second kappa shape index (κ2) is 10.1. The quantitative estimate of drug-likeness (QED) is 0.739. The van der Waals surface area contributed by atoms with Gasteiger partial charge in [-0.3, -0.25) is 9.69 Å². The average molecular weight is 416 g/mol. The van der Waals surface area contributed by atoms with Gasteiger partial charge in [0.05, 0.1) is 25.9 Å². The van der Waals surface area contributed by atoms with E-state index in [0.29, 0.717) is 44.2 Å². The van der Waals surface area contributed by atoms with Crippen molar-refractivity contribution in [2.24, 2.45) is 5.92 Å². The van der Waals surface area contributed by atoms with Gasteiger partial charge in [-0.2, -0.15) is 0 Å². The van der Waals surface area contributed by atoms with Crippen LogP contribution in [0.5, 0.6) is 5.75 Å². The highest BCUT2D eigenvalue weighted by atomic mass is 16.5. The summed E-state index contributed by atoms with van der Waals surface area (Å²) in [6.07, 6.45) is 4.08. The van der Waals surface area contributed by atoms with Crippen molar-refractivity contribution in [1.29, 1.82) is 0 Å². The molecule has 0 bridgehead atoms. The Morgan fingerprint density at radius 2 is 2.00 bits per heavy atom. The van der Waals surface area contributed by atoms with E-state index in [1.807, 2.05) is 4.90 Å². The number of carbonyl (C=O) groups is 1. The number of nitrogens with one attached hydrogen (secondary N) is 1. The Morgan fingerprint density at radius 3 is 2.73 bits per heavy atom. The topological polar surface area (TPSA) is 54.0 Å². The summed E-state index contributed by atoms with van der Waals surface area (Å²) in [6.45, 7) is 10.9. The SMILES string of the molecule is CCN(C(C)Cc1ccc2c(c1)OCC2)C(C(=O)N1CCOCC1)C1CCNCC1. The third-order valence-corrected chi connectivity index (χ3v) is 6.99. The number of rotatable bonds is 7. The number of ether oxygens (including phenoxy) is 2. The third-order valence-electron chi connectivity index (χ3n) is 6.99. The minimum atomic E-state index is -0.0455. The first-order valence-electron chi connectivity index (χ1n) is 11.7. The predicted octanol–water partition coefficient (Wildman–Crippen LogP) is 2.10. The highest BCUT2D eigenvalue weighted by Crippen LogP contribution is 2.29. The lowest BCUT2D eigenvalue weighted by Gasteiger charge is -2.43. The molecule has 0 saturated carbocycles. The number of hydrogen-bond donors (Lipinski definition) is 1. The molecule has 2 fully saturated rings. The van der Waals surface area contributed by atoms with Crippen LogP contribution in [0.1, 0.15) is 37.8 Å². The number of morpholine rings is 1. The van der Waals surface area contributed by atoms with Crippen molar-refractivity contribution >= 4 is 5.91 Å². The van der Waals surface area contributed by atoms with Crippen molar-refractivity contribution in [2.75, 3.05) is 52.5 Å². The van der Waals surface area contributed by atoms with E-state index < -0.39 is 0 Å². The Hall–Kier alpha value is -1.63. The van der Waals surface area contributed by atoms with Gasteiger partial charge in [0.2, 0.25) is 5.91 Å². The van der Waals surface area contributed by atoms with E-state index >= 15 is 0 Å². The second-order valence-corrected chi connectivity index (χ2v) is 8.89. The van der Waals surface area contributed by atoms with E-state index in [4.69, 9.17) is 9.47 Å². The number of carbonyl (C=O) groups excluding carboxylic acids is 1. The highest BCUT2D eigenvalue weighted by molar-refractivity contribution is 5.82. The fraction of sp³-hybridized carbons (Fsp3) is 0.708. The Labute approximate surface area is 180 Å². The van der Waals surface area contributed by atoms with Crippen molar-refractivity contribution in [3.05, 3.63) is 29.3 Å². The zero-order chi connectivity index (χ0) is 20.9. The molecular formula is C24H37N3O3. The van der Waals surface area contributed by atoms with Gasteiger partial charge in [-0.25, -0.2) is 0 Å². The lowest BCUT2D eigenvalue weighted by Crippen LogP contribution is -2.58. The molecule has 0 aliphatic carbocycles. The molecule has 3 aliphatic rings. The molecule has 3 heterocycles. The summed E-state index contributed by atoms with van der Waals surface area (Å²) in [5.74, 6) is 1.76. The largest absolute Gasteiger partial charge is 0.493 e. The van der Waals surface area contributed by atoms with E-state index in [2.05, 4.69) is 42.3 Å². The van der Waals surface area contributed by atoms with Crippen molar-refractivity contribution in [1.82, 2.24) is 15.1 Å². The van der Waals surface area contributed by atoms with Crippen LogP contribution < -0.4 is 10.1 Å². The first-order chi connectivity index (χ1) is 14.7. The number of piperidine rings is 1. The highest BCUT2D eigenvalue weighted by Gasteiger charge is 2.38. The van der Waals surface area contributed by atoms with Gasteiger partial charge in [-0.1, -0.05) is 19.1 Å². The molecule has 1 amide bonds. The minimum absolute atomic E-state index is 0.0455. The fourth-order valence-corrected chi connectivity index (χ4v) is 5.32. The number of amides is 1. The Kier molecular flexibility index (Phi) is 7.28. The van der Waals surface area contributed by atoms with E-state index in [-0.39, 0.29) is 6.04 Å². The van der Waals surface area contributed by atoms with Crippen molar-refractivity contribution < 1.29 is 14.3 Å². The van der Waals surface area contributed by atoms with Crippen molar-refractivity contribution in [2.45, 2.75) is 51.6 Å². The molecule has 2 atom stereocenters. The van der Waals surface area contributed by atoms with Crippen LogP contribution in [0.2, 0.25) is 0 Å². The van der Waals surface area contributed by atoms with Crippen LogP contribution >= 0.6 is 0 Å². The molecule has 6 nitrogen and oxygen atoms in total. The summed E-state index contributed by atoms with van der Waals surface area (Å²) in [7, 11) is 0. The fourth-order valence-electron chi connectivity index (χ4n) is 5.32. The molecule has 2 unspecified atom stereocenters. The molecular weight excluding hydrogens is 378 g/mol. The van der Waals surface area contributed by atoms with Gasteiger partial charge in [0.15, 0.2) is 0 Å². The molecule has 3 aliphatic heterocycles. The molecule has 4 rings (SSSR count). The number of nitrogens with zero attached hydrogens (tertiary/aromatic N) is 2. The number of benzene rings is 1. The molecule has 1 N–H and O–H groups in total. The van der Waals surface area contributed by atoms with Gasteiger partial charge in [-0.05, 0) is 68.9 Å². The zero-order valence-electron chi connectivity index (χ0n) is 18.6. The summed E-state index contributed by atoms with van der Waals surface area (Å²) in [6, 6.07) is 6.90. The van der Waals surface area contributed by atoms with E-state index in [1.54, 1.807) is 0 Å². The molecule has 166 valence electrons. The van der Waals surface area contributed by atoms with Gasteiger partial charge in [-0.15, -0.1) is 0 Å². The number of fused-ring (bicyclic) bond motifs is 1. The van der Waals surface area contributed by atoms with E-state index in [9.17, 15) is 4.79 Å². The minimum Gasteiger partial charge on any atom is -0.493 e. The Bertz CT molecular complexity index is 714. The van der Waals surface area contributed by atoms with Crippen LogP contribution in [0.15, 0.2) is 18.2 Å². The lowest BCUT2D eigenvalue weighted by atomic mass is 9.86. The second-order valence-electron chi connectivity index (χ2n) is 8.89. The Morgan fingerprint density at radius 1 is 1.23 bits per heavy atom. The lowest BCUT2D eigenvalue weighted by molar-refractivity contribution is -0.144. The molecule has 0 aromatic heterocycles. The van der Waals surface area contributed by atoms with Crippen LogP contribution in [0.3, 0.4) is 0 Å². The summed E-state index contributed by atoms with van der Waals surface area (Å²) in [5, 5.41) is 3.46. The number of likely N-dealkylation sites (N-methyl/N-ethyl adjacent to an activating group) is 1. The van der Waals surface area contributed by atoms with Gasteiger partial charge in [0.1, 0.15) is 5.75 Å². The summed E-state index contributed by atoms with van der Waals surface area (Å²) >= 11 is 0. The molecule has 6 heteroatoms. The standard InChI is InChI=1S/C24H37N3O3/c1-3-27(18(2)16-19-4-5-20-8-13-30-22(20)17-19)23(21-6-9-25-10-7-21)24(28)26-11-14-29-15-12-26/h4-5,17-18,21,23,25H,3,6-16H2,1-2H3. The molecule has 1 aromatic carbocycles. The van der Waals surface area contributed by atoms with Crippen LogP contribution in [0.25, 0.3) is 0 Å². The first kappa shape index (κ1) is 21.6. The molecule has 0 radical (unpaired) electrons. The summed E-state index contributed by atoms with van der Waals surface area (Å²) in [4.78, 5) is 18.2. The summed E-state index contributed by atoms with van der Waals surface area (Å²) in [5.41, 5.74) is 2.61. The first-order valence-corrected chi connectivity index (χ1v) is 11.7. The maximum absolute atomic E-state index is 13.7. The van der Waals surface area contributed by atoms with Crippen LogP contribution in [0.4, 0.5) is 0 Å². The van der Waals surface area contributed by atoms with Gasteiger partial charge < -0.3 is 19.7 Å². The Balaban J connectivity index is 1.52. The third kappa shape index (κ3) is 4.82. The molecule has 0 spiro atoms. The molecule has 2 saturated heterocycles. The van der Waals surface area contributed by atoms with Crippen LogP contribution in [-0.4, -0.2) is 80.3 Å². The normalized spacial score (nSPS) is 21.9. The van der Waals surface area contributed by atoms with Gasteiger partial charge in [0.25, 0.3) is 0 Å². The molecule has 1 aromatic rings. The molecule has 30 heavy (non-hydrogen) atoms. The van der Waals surface area contributed by atoms with Gasteiger partial charge in [0, 0.05) is 25.6 Å². The maximum Gasteiger partial charge on any atom is 0.240 e. The predicted molar refractivity (Wildman–Crippen MR) is 118 cm³/mol. The van der Waals surface area contributed by atoms with E-state index in [1.165, 1.54) is 11.1 Å². The van der Waals surface area contributed by atoms with Crippen LogP contribution in [-0.2, 0) is 22.4 Å². The smallest absolute Gasteiger partial charge is 0.240 e. The van der Waals surface area contributed by atoms with E-state index in [0.717, 1.165) is 57.7 Å². The number of hydrogen-bond acceptors (Lipinski definition) is 5. The average Bonchev–Trinajstić information content (AvgIpc) is 3.26. The zero-order valence-corrected chi connectivity index (χ0v) is 18.6. The van der Waals surface area contributed by atoms with Crippen LogP contribution in [0, 0.1) is 5.92 Å². The van der Waals surface area contributed by atoms with Crippen molar-refractivity contribution in [3.63, 3.8) is 0 Å². The monoisotopic (exact) mass is 415 g/mol.